The highest BCUT2D eigenvalue weighted by Crippen LogP contribution is 2.20. The van der Waals surface area contributed by atoms with Gasteiger partial charge < -0.3 is 14.6 Å². The Morgan fingerprint density at radius 3 is 2.72 bits per heavy atom. The number of carbonyl (C=O) groups is 2. The lowest BCUT2D eigenvalue weighted by Crippen LogP contribution is -2.16. The molecule has 128 valence electrons. The number of para-hydroxylation sites is 1. The summed E-state index contributed by atoms with van der Waals surface area (Å²) in [7, 11) is 1.25. The van der Waals surface area contributed by atoms with Gasteiger partial charge in [-0.05, 0) is 12.1 Å². The van der Waals surface area contributed by atoms with Crippen LogP contribution >= 0.6 is 0 Å². The van der Waals surface area contributed by atoms with Gasteiger partial charge >= 0.3 is 5.97 Å². The van der Waals surface area contributed by atoms with Crippen molar-refractivity contribution in [2.45, 2.75) is 13.0 Å². The van der Waals surface area contributed by atoms with E-state index in [9.17, 15) is 14.4 Å². The molecule has 0 fully saturated rings. The molecule has 0 aromatic heterocycles. The summed E-state index contributed by atoms with van der Waals surface area (Å²) in [4.78, 5) is 35.8. The molecule has 0 spiro atoms. The Balaban J connectivity index is 1.78. The number of aromatic nitrogens is 3. The van der Waals surface area contributed by atoms with Gasteiger partial charge in [-0.15, -0.1) is 0 Å². The summed E-state index contributed by atoms with van der Waals surface area (Å²) in [6, 6.07) is 9.11. The van der Waals surface area contributed by atoms with E-state index in [0.29, 0.717) is 12.2 Å². The minimum Gasteiger partial charge on any atom is -0.465 e. The van der Waals surface area contributed by atoms with Crippen molar-refractivity contribution in [1.29, 1.82) is 0 Å². The summed E-state index contributed by atoms with van der Waals surface area (Å²) in [6.07, 6.45) is 3.26. The van der Waals surface area contributed by atoms with E-state index in [1.54, 1.807) is 22.9 Å². The summed E-state index contributed by atoms with van der Waals surface area (Å²) in [5.41, 5.74) is 0.998. The molecule has 25 heavy (non-hydrogen) atoms. The number of amides is 1. The molecule has 2 aliphatic rings. The van der Waals surface area contributed by atoms with E-state index >= 15 is 0 Å². The number of methoxy groups -OCH3 is 1. The third kappa shape index (κ3) is 3.57. The number of benzene rings is 1. The average molecular weight is 340 g/mol. The molecule has 0 atom stereocenters. The van der Waals surface area contributed by atoms with Crippen LogP contribution in [0.2, 0.25) is 0 Å². The Morgan fingerprint density at radius 1 is 1.24 bits per heavy atom. The number of aryl methyl sites for hydroxylation is 1. The van der Waals surface area contributed by atoms with E-state index in [1.165, 1.54) is 13.3 Å². The summed E-state index contributed by atoms with van der Waals surface area (Å²) in [5, 5.41) is 8.94. The SMILES string of the molecule is COC(=O)c1cn(CCC(=O)Nc2ccccc2)cc2c(=O)[nH]nc1-2. The molecule has 2 aliphatic heterocycles. The molecular formula is C17H16N4O4. The Bertz CT molecular complexity index is 929. The fraction of sp³-hybridized carbons (Fsp3) is 0.176. The van der Waals surface area contributed by atoms with Gasteiger partial charge in [0, 0.05) is 31.0 Å². The lowest BCUT2D eigenvalue weighted by Gasteiger charge is -2.11. The summed E-state index contributed by atoms with van der Waals surface area (Å²) >= 11 is 0. The minimum atomic E-state index is -0.598. The maximum absolute atomic E-state index is 12.0. The van der Waals surface area contributed by atoms with E-state index < -0.39 is 11.5 Å². The van der Waals surface area contributed by atoms with Gasteiger partial charge in [-0.1, -0.05) is 18.2 Å². The predicted molar refractivity (Wildman–Crippen MR) is 90.5 cm³/mol. The number of esters is 1. The normalized spacial score (nSPS) is 10.6. The lowest BCUT2D eigenvalue weighted by atomic mass is 10.1. The third-order valence-corrected chi connectivity index (χ3v) is 3.67. The zero-order valence-electron chi connectivity index (χ0n) is 13.5. The molecule has 1 amide bonds. The van der Waals surface area contributed by atoms with E-state index in [2.05, 4.69) is 15.5 Å². The second kappa shape index (κ2) is 7.00. The highest BCUT2D eigenvalue weighted by molar-refractivity contribution is 5.96. The zero-order valence-corrected chi connectivity index (χ0v) is 13.5. The summed E-state index contributed by atoms with van der Waals surface area (Å²) in [6.45, 7) is 0.295. The van der Waals surface area contributed by atoms with Crippen LogP contribution in [0.15, 0.2) is 47.5 Å². The quantitative estimate of drug-likeness (QED) is 0.685. The first-order chi connectivity index (χ1) is 12.1. The first-order valence-corrected chi connectivity index (χ1v) is 7.60. The molecule has 0 radical (unpaired) electrons. The molecule has 0 saturated heterocycles. The second-order valence-corrected chi connectivity index (χ2v) is 5.38. The number of pyridine rings is 1. The van der Waals surface area contributed by atoms with Gasteiger partial charge in [0.25, 0.3) is 5.56 Å². The molecule has 8 nitrogen and oxygen atoms in total. The molecule has 1 aromatic rings. The first-order valence-electron chi connectivity index (χ1n) is 7.60. The van der Waals surface area contributed by atoms with Crippen molar-refractivity contribution in [1.82, 2.24) is 14.8 Å². The molecule has 0 aliphatic carbocycles. The van der Waals surface area contributed by atoms with Crippen LogP contribution in [0, 0.1) is 0 Å². The molecule has 2 heterocycles. The topological polar surface area (TPSA) is 106 Å². The van der Waals surface area contributed by atoms with Crippen molar-refractivity contribution >= 4 is 17.6 Å². The van der Waals surface area contributed by atoms with Crippen LogP contribution in [-0.2, 0) is 16.1 Å². The van der Waals surface area contributed by atoms with Gasteiger partial charge in [-0.2, -0.15) is 5.10 Å². The van der Waals surface area contributed by atoms with E-state index in [1.807, 2.05) is 18.2 Å². The number of H-pyrrole nitrogens is 1. The molecule has 0 bridgehead atoms. The minimum absolute atomic E-state index is 0.168. The van der Waals surface area contributed by atoms with Gasteiger partial charge in [-0.3, -0.25) is 9.59 Å². The molecule has 0 unspecified atom stereocenters. The van der Waals surface area contributed by atoms with Crippen LogP contribution in [0.3, 0.4) is 0 Å². The van der Waals surface area contributed by atoms with Crippen LogP contribution in [0.5, 0.6) is 0 Å². The third-order valence-electron chi connectivity index (χ3n) is 3.67. The number of carbonyl (C=O) groups excluding carboxylic acids is 2. The fourth-order valence-electron chi connectivity index (χ4n) is 2.45. The monoisotopic (exact) mass is 340 g/mol. The van der Waals surface area contributed by atoms with E-state index in [4.69, 9.17) is 4.74 Å². The van der Waals surface area contributed by atoms with Crippen molar-refractivity contribution in [3.8, 4) is 11.3 Å². The van der Waals surface area contributed by atoms with Crippen LogP contribution in [0.25, 0.3) is 11.3 Å². The van der Waals surface area contributed by atoms with Gasteiger partial charge in [0.15, 0.2) is 0 Å². The summed E-state index contributed by atoms with van der Waals surface area (Å²) in [5.74, 6) is -0.771. The maximum Gasteiger partial charge on any atom is 0.341 e. The van der Waals surface area contributed by atoms with Crippen molar-refractivity contribution < 1.29 is 14.3 Å². The highest BCUT2D eigenvalue weighted by Gasteiger charge is 2.21. The number of hydrogen-bond acceptors (Lipinski definition) is 5. The molecule has 0 saturated carbocycles. The number of anilines is 1. The van der Waals surface area contributed by atoms with Crippen LogP contribution in [0.1, 0.15) is 16.8 Å². The Hall–Kier alpha value is -3.42. The van der Waals surface area contributed by atoms with Gasteiger partial charge in [0.05, 0.1) is 12.7 Å². The molecule has 3 rings (SSSR count). The largest absolute Gasteiger partial charge is 0.465 e. The number of rotatable bonds is 5. The van der Waals surface area contributed by atoms with Gasteiger partial charge in [0.2, 0.25) is 5.91 Å². The fourth-order valence-corrected chi connectivity index (χ4v) is 2.45. The van der Waals surface area contributed by atoms with Crippen LogP contribution in [0.4, 0.5) is 5.69 Å². The number of fused-ring (bicyclic) bond motifs is 1. The first kappa shape index (κ1) is 16.4. The Labute approximate surface area is 142 Å². The maximum atomic E-state index is 12.0. The molecular weight excluding hydrogens is 324 g/mol. The van der Waals surface area contributed by atoms with Gasteiger partial charge in [-0.25, -0.2) is 9.89 Å². The van der Waals surface area contributed by atoms with Gasteiger partial charge in [0.1, 0.15) is 11.3 Å². The number of hydrogen-bond donors (Lipinski definition) is 2. The zero-order chi connectivity index (χ0) is 17.8. The number of nitrogens with zero attached hydrogens (tertiary/aromatic N) is 2. The van der Waals surface area contributed by atoms with Crippen molar-refractivity contribution in [2.75, 3.05) is 12.4 Å². The smallest absolute Gasteiger partial charge is 0.341 e. The number of aromatic amines is 1. The summed E-state index contributed by atoms with van der Waals surface area (Å²) < 4.78 is 6.33. The van der Waals surface area contributed by atoms with Crippen molar-refractivity contribution in [3.05, 3.63) is 58.6 Å². The number of nitrogens with one attached hydrogen (secondary N) is 2. The highest BCUT2D eigenvalue weighted by atomic mass is 16.5. The second-order valence-electron chi connectivity index (χ2n) is 5.38. The Kier molecular flexibility index (Phi) is 4.60. The van der Waals surface area contributed by atoms with E-state index in [0.717, 1.165) is 0 Å². The number of ether oxygens (including phenoxy) is 1. The van der Waals surface area contributed by atoms with Crippen molar-refractivity contribution in [2.24, 2.45) is 0 Å². The predicted octanol–water partition coefficient (Wildman–Crippen LogP) is 1.49. The Morgan fingerprint density at radius 2 is 2.00 bits per heavy atom. The van der Waals surface area contributed by atoms with Crippen molar-refractivity contribution in [3.63, 3.8) is 0 Å². The molecule has 8 heteroatoms. The average Bonchev–Trinajstić information content (AvgIpc) is 3.00. The van der Waals surface area contributed by atoms with Crippen LogP contribution in [-0.4, -0.2) is 33.8 Å². The van der Waals surface area contributed by atoms with E-state index in [-0.39, 0.29) is 29.1 Å². The molecule has 1 aromatic carbocycles. The standard InChI is InChI=1S/C17H16N4O4/c1-25-17(24)13-10-21(9-12-15(13)19-20-16(12)23)8-7-14(22)18-11-5-3-2-4-6-11/h2-6,9-10H,7-8H2,1H3,(H,18,22)(H,20,23). The van der Waals surface area contributed by atoms with Crippen LogP contribution < -0.4 is 10.9 Å². The lowest BCUT2D eigenvalue weighted by molar-refractivity contribution is -0.116. The molecule has 2 N–H and O–H groups in total.